The summed E-state index contributed by atoms with van der Waals surface area (Å²) in [7, 11) is 3.32. The fraction of sp³-hybridized carbons (Fsp3) is 0.312. The molecule has 0 radical (unpaired) electrons. The lowest BCUT2D eigenvalue weighted by atomic mass is 10.3. The van der Waals surface area contributed by atoms with Crippen molar-refractivity contribution in [2.45, 2.75) is 6.54 Å². The zero-order chi connectivity index (χ0) is 14.9. The fourth-order valence-corrected chi connectivity index (χ4v) is 1.77. The summed E-state index contributed by atoms with van der Waals surface area (Å²) in [6.07, 6.45) is 1.80. The molecule has 0 amide bonds. The first-order valence-electron chi connectivity index (χ1n) is 6.78. The number of pyridine rings is 1. The van der Waals surface area contributed by atoms with Gasteiger partial charge in [0.2, 0.25) is 5.88 Å². The molecule has 0 spiro atoms. The van der Waals surface area contributed by atoms with Gasteiger partial charge in [0, 0.05) is 38.5 Å². The lowest BCUT2D eigenvalue weighted by Crippen LogP contribution is -2.18. The van der Waals surface area contributed by atoms with E-state index in [0.29, 0.717) is 18.2 Å². The Balaban J connectivity index is 1.89. The number of hydrogen-bond acceptors (Lipinski definition) is 5. The van der Waals surface area contributed by atoms with Crippen LogP contribution in [0.25, 0.3) is 0 Å². The van der Waals surface area contributed by atoms with E-state index >= 15 is 0 Å². The third-order valence-corrected chi connectivity index (χ3v) is 2.87. The summed E-state index contributed by atoms with van der Waals surface area (Å²) in [6, 6.07) is 11.3. The van der Waals surface area contributed by atoms with Crippen molar-refractivity contribution >= 4 is 0 Å². The average molecular weight is 288 g/mol. The average Bonchev–Trinajstić information content (AvgIpc) is 2.53. The van der Waals surface area contributed by atoms with Crippen molar-refractivity contribution in [1.82, 2.24) is 10.3 Å². The van der Waals surface area contributed by atoms with Crippen LogP contribution in [0.1, 0.15) is 5.56 Å². The Morgan fingerprint density at radius 2 is 1.95 bits per heavy atom. The van der Waals surface area contributed by atoms with E-state index < -0.39 is 0 Å². The molecular formula is C16H20N2O3. The van der Waals surface area contributed by atoms with Gasteiger partial charge >= 0.3 is 0 Å². The topological polar surface area (TPSA) is 52.6 Å². The zero-order valence-electron chi connectivity index (χ0n) is 12.3. The van der Waals surface area contributed by atoms with E-state index in [1.807, 2.05) is 36.4 Å². The Kier molecular flexibility index (Phi) is 5.99. The molecule has 0 saturated heterocycles. The molecule has 5 nitrogen and oxygen atoms in total. The van der Waals surface area contributed by atoms with E-state index in [1.54, 1.807) is 20.4 Å². The summed E-state index contributed by atoms with van der Waals surface area (Å²) in [5.74, 6) is 2.02. The number of aromatic nitrogens is 1. The molecule has 21 heavy (non-hydrogen) atoms. The van der Waals surface area contributed by atoms with Crippen LogP contribution in [-0.2, 0) is 11.3 Å². The van der Waals surface area contributed by atoms with Crippen LogP contribution in [0.5, 0.6) is 17.4 Å². The van der Waals surface area contributed by atoms with Crippen LogP contribution in [0.2, 0.25) is 0 Å². The Labute approximate surface area is 124 Å². The summed E-state index contributed by atoms with van der Waals surface area (Å²) in [5.41, 5.74) is 1.10. The molecule has 112 valence electrons. The summed E-state index contributed by atoms with van der Waals surface area (Å²) in [5, 5.41) is 3.26. The molecule has 0 bridgehead atoms. The zero-order valence-corrected chi connectivity index (χ0v) is 12.3. The van der Waals surface area contributed by atoms with Gasteiger partial charge in [-0.15, -0.1) is 0 Å². The monoisotopic (exact) mass is 288 g/mol. The number of nitrogens with one attached hydrogen (secondary N) is 1. The highest BCUT2D eigenvalue weighted by Gasteiger charge is 2.01. The molecular weight excluding hydrogens is 268 g/mol. The first-order valence-corrected chi connectivity index (χ1v) is 6.78. The van der Waals surface area contributed by atoms with Crippen molar-refractivity contribution < 1.29 is 14.2 Å². The van der Waals surface area contributed by atoms with E-state index in [-0.39, 0.29) is 0 Å². The van der Waals surface area contributed by atoms with Crippen molar-refractivity contribution in [2.24, 2.45) is 0 Å². The molecule has 0 unspecified atom stereocenters. The summed E-state index contributed by atoms with van der Waals surface area (Å²) < 4.78 is 15.8. The van der Waals surface area contributed by atoms with E-state index in [9.17, 15) is 0 Å². The van der Waals surface area contributed by atoms with Crippen LogP contribution in [-0.4, -0.2) is 32.4 Å². The van der Waals surface area contributed by atoms with Gasteiger partial charge in [0.05, 0.1) is 13.7 Å². The largest absolute Gasteiger partial charge is 0.497 e. The SMILES string of the molecule is COCCNCc1ccc(Oc2cccc(OC)c2)nc1. The highest BCUT2D eigenvalue weighted by molar-refractivity contribution is 5.35. The second kappa shape index (κ2) is 8.24. The molecule has 1 heterocycles. The molecule has 0 saturated carbocycles. The van der Waals surface area contributed by atoms with Gasteiger partial charge in [-0.1, -0.05) is 12.1 Å². The number of methoxy groups -OCH3 is 2. The van der Waals surface area contributed by atoms with Crippen LogP contribution in [0, 0.1) is 0 Å². The molecule has 2 rings (SSSR count). The third-order valence-electron chi connectivity index (χ3n) is 2.87. The minimum absolute atomic E-state index is 0.559. The van der Waals surface area contributed by atoms with E-state index in [0.717, 1.165) is 24.4 Å². The van der Waals surface area contributed by atoms with Gasteiger partial charge < -0.3 is 19.5 Å². The van der Waals surface area contributed by atoms with Crippen LogP contribution in [0.3, 0.4) is 0 Å². The number of nitrogens with zero attached hydrogens (tertiary/aromatic N) is 1. The molecule has 0 atom stereocenters. The molecule has 0 aliphatic carbocycles. The summed E-state index contributed by atoms with van der Waals surface area (Å²) >= 11 is 0. The van der Waals surface area contributed by atoms with Crippen LogP contribution in [0.4, 0.5) is 0 Å². The lowest BCUT2D eigenvalue weighted by molar-refractivity contribution is 0.199. The lowest BCUT2D eigenvalue weighted by Gasteiger charge is -2.08. The highest BCUT2D eigenvalue weighted by atomic mass is 16.5. The minimum atomic E-state index is 0.559. The van der Waals surface area contributed by atoms with Gasteiger partial charge in [0.25, 0.3) is 0 Å². The maximum atomic E-state index is 5.69. The predicted molar refractivity (Wildman–Crippen MR) is 80.9 cm³/mol. The molecule has 0 aliphatic heterocycles. The van der Waals surface area contributed by atoms with Crippen LogP contribution >= 0.6 is 0 Å². The van der Waals surface area contributed by atoms with Gasteiger partial charge in [-0.25, -0.2) is 4.98 Å². The van der Waals surface area contributed by atoms with E-state index in [4.69, 9.17) is 14.2 Å². The number of hydrogen-bond donors (Lipinski definition) is 1. The number of benzene rings is 1. The van der Waals surface area contributed by atoms with Crippen molar-refractivity contribution in [1.29, 1.82) is 0 Å². The molecule has 1 aromatic carbocycles. The molecule has 0 fully saturated rings. The molecule has 1 N–H and O–H groups in total. The Morgan fingerprint density at radius 1 is 1.10 bits per heavy atom. The van der Waals surface area contributed by atoms with Crippen LogP contribution in [0.15, 0.2) is 42.6 Å². The fourth-order valence-electron chi connectivity index (χ4n) is 1.77. The Hall–Kier alpha value is -2.11. The third kappa shape index (κ3) is 5.06. The van der Waals surface area contributed by atoms with Gasteiger partial charge in [0.15, 0.2) is 0 Å². The molecule has 0 aliphatic rings. The van der Waals surface area contributed by atoms with Crippen LogP contribution < -0.4 is 14.8 Å². The molecule has 5 heteroatoms. The van der Waals surface area contributed by atoms with Crippen molar-refractivity contribution in [3.05, 3.63) is 48.2 Å². The summed E-state index contributed by atoms with van der Waals surface area (Å²) in [6.45, 7) is 2.28. The Morgan fingerprint density at radius 3 is 2.67 bits per heavy atom. The first kappa shape index (κ1) is 15.3. The number of rotatable bonds is 8. The van der Waals surface area contributed by atoms with Crippen molar-refractivity contribution in [2.75, 3.05) is 27.4 Å². The standard InChI is InChI=1S/C16H20N2O3/c1-19-9-8-17-11-13-6-7-16(18-12-13)21-15-5-3-4-14(10-15)20-2/h3-7,10,12,17H,8-9,11H2,1-2H3. The normalized spacial score (nSPS) is 10.4. The van der Waals surface area contributed by atoms with Gasteiger partial charge in [-0.2, -0.15) is 0 Å². The maximum Gasteiger partial charge on any atom is 0.219 e. The first-order chi connectivity index (χ1) is 10.3. The van der Waals surface area contributed by atoms with Gasteiger partial charge in [0.1, 0.15) is 11.5 Å². The highest BCUT2D eigenvalue weighted by Crippen LogP contribution is 2.23. The molecule has 2 aromatic rings. The second-order valence-corrected chi connectivity index (χ2v) is 4.46. The van der Waals surface area contributed by atoms with E-state index in [2.05, 4.69) is 10.3 Å². The van der Waals surface area contributed by atoms with E-state index in [1.165, 1.54) is 0 Å². The second-order valence-electron chi connectivity index (χ2n) is 4.46. The number of ether oxygens (including phenoxy) is 3. The smallest absolute Gasteiger partial charge is 0.219 e. The quantitative estimate of drug-likeness (QED) is 0.757. The summed E-state index contributed by atoms with van der Waals surface area (Å²) in [4.78, 5) is 4.29. The van der Waals surface area contributed by atoms with Gasteiger partial charge in [-0.3, -0.25) is 0 Å². The van der Waals surface area contributed by atoms with Crippen molar-refractivity contribution in [3.8, 4) is 17.4 Å². The van der Waals surface area contributed by atoms with Crippen molar-refractivity contribution in [3.63, 3.8) is 0 Å². The molecule has 1 aromatic heterocycles. The van der Waals surface area contributed by atoms with Gasteiger partial charge in [-0.05, 0) is 17.7 Å². The maximum absolute atomic E-state index is 5.69. The minimum Gasteiger partial charge on any atom is -0.497 e. The predicted octanol–water partition coefficient (Wildman–Crippen LogP) is 2.62. The Bertz CT molecular complexity index is 543.